The molecule has 0 aliphatic carbocycles. The normalized spacial score (nSPS) is 16.3. The predicted molar refractivity (Wildman–Crippen MR) is 80.3 cm³/mol. The van der Waals surface area contributed by atoms with Crippen LogP contribution in [-0.2, 0) is 14.3 Å². The Kier molecular flexibility index (Phi) is 11.0. The van der Waals surface area contributed by atoms with Gasteiger partial charge in [-0.15, -0.1) is 0 Å². The number of nitrogens with one attached hydrogen (secondary N) is 1. The standard InChI is InChI=1S/C9H16O3S.C5H11N/c1-5-8(13-7(4)10)9(11)12-6(2)3;1-2-4-6-5-3-1/h6,8H,5H2,1-4H3;6H,1-5H2. The fraction of sp³-hybridized carbons (Fsp3) is 0.857. The van der Waals surface area contributed by atoms with Crippen LogP contribution in [0.5, 0.6) is 0 Å². The van der Waals surface area contributed by atoms with Crippen molar-refractivity contribution in [3.05, 3.63) is 0 Å². The lowest BCUT2D eigenvalue weighted by molar-refractivity contribution is -0.146. The molecule has 1 unspecified atom stereocenters. The SMILES string of the molecule is C1CCNCC1.CCC(SC(C)=O)C(=O)OC(C)C. The molecule has 1 N–H and O–H groups in total. The van der Waals surface area contributed by atoms with Crippen molar-refractivity contribution in [3.8, 4) is 0 Å². The number of ether oxygens (including phenoxy) is 1. The number of hydrogen-bond acceptors (Lipinski definition) is 5. The van der Waals surface area contributed by atoms with Crippen molar-refractivity contribution in [2.75, 3.05) is 13.1 Å². The molecular formula is C14H27NO3S. The first-order valence-electron chi connectivity index (χ1n) is 7.05. The van der Waals surface area contributed by atoms with Crippen LogP contribution in [0.2, 0.25) is 0 Å². The Morgan fingerprint density at radius 1 is 1.21 bits per heavy atom. The van der Waals surface area contributed by atoms with E-state index in [9.17, 15) is 9.59 Å². The molecular weight excluding hydrogens is 262 g/mol. The van der Waals surface area contributed by atoms with E-state index in [2.05, 4.69) is 5.32 Å². The first-order valence-corrected chi connectivity index (χ1v) is 7.93. The number of esters is 1. The molecule has 1 aliphatic heterocycles. The zero-order chi connectivity index (χ0) is 14.7. The average molecular weight is 289 g/mol. The number of piperidine rings is 1. The highest BCUT2D eigenvalue weighted by molar-refractivity contribution is 8.14. The van der Waals surface area contributed by atoms with Gasteiger partial charge in [0.15, 0.2) is 5.12 Å². The highest BCUT2D eigenvalue weighted by Gasteiger charge is 2.21. The summed E-state index contributed by atoms with van der Waals surface area (Å²) < 4.78 is 4.99. The van der Waals surface area contributed by atoms with E-state index in [1.165, 1.54) is 39.3 Å². The number of carbonyl (C=O) groups excluding carboxylic acids is 2. The first kappa shape index (κ1) is 18.4. The predicted octanol–water partition coefficient (Wildman–Crippen LogP) is 2.76. The van der Waals surface area contributed by atoms with E-state index in [1.54, 1.807) is 13.8 Å². The van der Waals surface area contributed by atoms with Gasteiger partial charge in [0.05, 0.1) is 6.10 Å². The van der Waals surface area contributed by atoms with Gasteiger partial charge in [0, 0.05) is 6.92 Å². The van der Waals surface area contributed by atoms with Gasteiger partial charge in [-0.05, 0) is 46.2 Å². The third-order valence-corrected chi connectivity index (χ3v) is 3.64. The molecule has 0 aromatic heterocycles. The third kappa shape index (κ3) is 11.0. The summed E-state index contributed by atoms with van der Waals surface area (Å²) in [5.74, 6) is -0.294. The van der Waals surface area contributed by atoms with Crippen LogP contribution >= 0.6 is 11.8 Å². The molecule has 0 spiro atoms. The smallest absolute Gasteiger partial charge is 0.319 e. The van der Waals surface area contributed by atoms with E-state index < -0.39 is 0 Å². The van der Waals surface area contributed by atoms with Gasteiger partial charge in [-0.25, -0.2) is 0 Å². The number of thioether (sulfide) groups is 1. The lowest BCUT2D eigenvalue weighted by Gasteiger charge is -2.14. The molecule has 0 amide bonds. The highest BCUT2D eigenvalue weighted by Crippen LogP contribution is 2.17. The van der Waals surface area contributed by atoms with Gasteiger partial charge in [-0.3, -0.25) is 9.59 Å². The third-order valence-electron chi connectivity index (χ3n) is 2.50. The van der Waals surface area contributed by atoms with Gasteiger partial charge in [-0.1, -0.05) is 25.1 Å². The quantitative estimate of drug-likeness (QED) is 0.807. The van der Waals surface area contributed by atoms with Crippen LogP contribution in [0.15, 0.2) is 0 Å². The molecule has 0 bridgehead atoms. The van der Waals surface area contributed by atoms with Crippen molar-refractivity contribution >= 4 is 22.8 Å². The Balaban J connectivity index is 0.000000443. The largest absolute Gasteiger partial charge is 0.462 e. The lowest BCUT2D eigenvalue weighted by atomic mass is 10.2. The second kappa shape index (κ2) is 11.3. The van der Waals surface area contributed by atoms with Crippen molar-refractivity contribution in [1.82, 2.24) is 5.32 Å². The minimum Gasteiger partial charge on any atom is -0.462 e. The maximum absolute atomic E-state index is 11.3. The molecule has 5 heteroatoms. The first-order chi connectivity index (χ1) is 8.97. The van der Waals surface area contributed by atoms with Crippen molar-refractivity contribution < 1.29 is 14.3 Å². The van der Waals surface area contributed by atoms with Gasteiger partial charge < -0.3 is 10.1 Å². The Labute approximate surface area is 121 Å². The van der Waals surface area contributed by atoms with Crippen molar-refractivity contribution in [2.24, 2.45) is 0 Å². The van der Waals surface area contributed by atoms with Crippen LogP contribution in [-0.4, -0.2) is 35.5 Å². The van der Waals surface area contributed by atoms with Gasteiger partial charge in [0.2, 0.25) is 0 Å². The topological polar surface area (TPSA) is 55.4 Å². The molecule has 1 rings (SSSR count). The molecule has 0 saturated carbocycles. The van der Waals surface area contributed by atoms with Gasteiger partial charge in [0.25, 0.3) is 0 Å². The maximum Gasteiger partial charge on any atom is 0.319 e. The van der Waals surface area contributed by atoms with Gasteiger partial charge in [0.1, 0.15) is 5.25 Å². The second-order valence-corrected chi connectivity index (χ2v) is 6.18. The van der Waals surface area contributed by atoms with E-state index in [0.29, 0.717) is 6.42 Å². The van der Waals surface area contributed by atoms with Crippen molar-refractivity contribution in [2.45, 2.75) is 64.7 Å². The average Bonchev–Trinajstić information content (AvgIpc) is 2.37. The van der Waals surface area contributed by atoms with Crippen LogP contribution in [0.4, 0.5) is 0 Å². The zero-order valence-corrected chi connectivity index (χ0v) is 13.3. The number of hydrogen-bond donors (Lipinski definition) is 1. The molecule has 4 nitrogen and oxygen atoms in total. The molecule has 0 aromatic carbocycles. The van der Waals surface area contributed by atoms with E-state index in [4.69, 9.17) is 4.74 Å². The molecule has 19 heavy (non-hydrogen) atoms. The highest BCUT2D eigenvalue weighted by atomic mass is 32.2. The minimum atomic E-state index is -0.347. The van der Waals surface area contributed by atoms with Crippen LogP contribution in [0.1, 0.15) is 53.4 Å². The van der Waals surface area contributed by atoms with Crippen LogP contribution in [0.3, 0.4) is 0 Å². The number of carbonyl (C=O) groups is 2. The van der Waals surface area contributed by atoms with E-state index in [1.807, 2.05) is 6.92 Å². The summed E-state index contributed by atoms with van der Waals surface area (Å²) in [4.78, 5) is 22.1. The monoisotopic (exact) mass is 289 g/mol. The Hall–Kier alpha value is -0.550. The molecule has 1 saturated heterocycles. The van der Waals surface area contributed by atoms with E-state index in [-0.39, 0.29) is 22.4 Å². The van der Waals surface area contributed by atoms with E-state index >= 15 is 0 Å². The summed E-state index contributed by atoms with van der Waals surface area (Å²) in [6.07, 6.45) is 4.72. The Bertz CT molecular complexity index is 254. The summed E-state index contributed by atoms with van der Waals surface area (Å²) in [6, 6.07) is 0. The fourth-order valence-corrected chi connectivity index (χ4v) is 2.33. The molecule has 1 aliphatic rings. The maximum atomic E-state index is 11.3. The molecule has 1 heterocycles. The Morgan fingerprint density at radius 2 is 1.79 bits per heavy atom. The molecule has 112 valence electrons. The fourth-order valence-electron chi connectivity index (χ4n) is 1.61. The second-order valence-electron chi connectivity index (χ2n) is 4.80. The summed E-state index contributed by atoms with van der Waals surface area (Å²) in [5.41, 5.74) is 0. The van der Waals surface area contributed by atoms with Crippen molar-refractivity contribution in [3.63, 3.8) is 0 Å². The van der Waals surface area contributed by atoms with E-state index in [0.717, 1.165) is 11.8 Å². The lowest BCUT2D eigenvalue weighted by Crippen LogP contribution is -2.23. The van der Waals surface area contributed by atoms with Crippen LogP contribution in [0, 0.1) is 0 Å². The zero-order valence-electron chi connectivity index (χ0n) is 12.5. The van der Waals surface area contributed by atoms with Gasteiger partial charge >= 0.3 is 5.97 Å². The number of rotatable bonds is 4. The summed E-state index contributed by atoms with van der Waals surface area (Å²) in [7, 11) is 0. The summed E-state index contributed by atoms with van der Waals surface area (Å²) in [5, 5.41) is 2.89. The van der Waals surface area contributed by atoms with Gasteiger partial charge in [-0.2, -0.15) is 0 Å². The van der Waals surface area contributed by atoms with Crippen molar-refractivity contribution in [1.29, 1.82) is 0 Å². The summed E-state index contributed by atoms with van der Waals surface area (Å²) >= 11 is 1.04. The molecule has 1 atom stereocenters. The van der Waals surface area contributed by atoms with Crippen LogP contribution < -0.4 is 5.32 Å². The molecule has 0 aromatic rings. The molecule has 1 fully saturated rings. The minimum absolute atomic E-state index is 0.0486. The van der Waals surface area contributed by atoms with Crippen LogP contribution in [0.25, 0.3) is 0 Å². The molecule has 0 radical (unpaired) electrons. The summed E-state index contributed by atoms with van der Waals surface area (Å²) in [6.45, 7) is 9.41. The Morgan fingerprint density at radius 3 is 2.05 bits per heavy atom.